The standard InChI is InChI=1S/C38H57N3O7/c1-8-38(46)17-13-29-27-10-9-25-19-26(11-15-36(25,6)28(27)12-16-37(29,38)7)41-48-22-31(42)40-33(23(2)3)34(45)39-30(20-32(43)44)24-14-18-47-35(4,5)21-24/h1,19,23-24,27-30,33,46H,9-18,20-22H2,2-7H3,(H,39,45)(H,40,42)(H,43,44)/t24-,27+,28+,29+,30+,33-,36-,37-,38+/m0/s1. The van der Waals surface area contributed by atoms with Crippen molar-refractivity contribution < 1.29 is 34.2 Å². The smallest absolute Gasteiger partial charge is 0.305 e. The van der Waals surface area contributed by atoms with Gasteiger partial charge in [-0.15, -0.1) is 6.42 Å². The fourth-order valence-electron chi connectivity index (χ4n) is 10.2. The van der Waals surface area contributed by atoms with Gasteiger partial charge in [-0.2, -0.15) is 0 Å². The number of aliphatic hydroxyl groups is 1. The normalized spacial score (nSPS) is 37.6. The average molecular weight is 668 g/mol. The molecule has 3 saturated carbocycles. The first-order valence-electron chi connectivity index (χ1n) is 18.1. The summed E-state index contributed by atoms with van der Waals surface area (Å²) in [5, 5.41) is 30.9. The summed E-state index contributed by atoms with van der Waals surface area (Å²) in [5.74, 6) is 2.19. The molecule has 0 radical (unpaired) electrons. The molecule has 4 aliphatic carbocycles. The number of oxime groups is 1. The number of amides is 2. The molecule has 5 rings (SSSR count). The Bertz CT molecular complexity index is 1370. The minimum atomic E-state index is -1.00. The van der Waals surface area contributed by atoms with Gasteiger partial charge in [-0.3, -0.25) is 14.4 Å². The van der Waals surface area contributed by atoms with Crippen molar-refractivity contribution in [1.82, 2.24) is 10.6 Å². The van der Waals surface area contributed by atoms with Gasteiger partial charge in [-0.1, -0.05) is 44.3 Å². The molecule has 1 heterocycles. The van der Waals surface area contributed by atoms with Gasteiger partial charge in [-0.25, -0.2) is 0 Å². The zero-order valence-electron chi connectivity index (χ0n) is 29.8. The molecule has 266 valence electrons. The van der Waals surface area contributed by atoms with Crippen LogP contribution in [0, 0.1) is 52.8 Å². The number of nitrogens with zero attached hydrogens (tertiary/aromatic N) is 1. The van der Waals surface area contributed by atoms with E-state index in [4.69, 9.17) is 16.0 Å². The lowest BCUT2D eigenvalue weighted by Crippen LogP contribution is -2.55. The molecule has 0 aromatic rings. The maximum Gasteiger partial charge on any atom is 0.305 e. The first kappa shape index (κ1) is 36.4. The van der Waals surface area contributed by atoms with Gasteiger partial charge in [0.15, 0.2) is 6.61 Å². The number of aliphatic carboxylic acids is 1. The molecular formula is C38H57N3O7. The molecule has 9 atom stereocenters. The lowest BCUT2D eigenvalue weighted by Gasteiger charge is -2.58. The SMILES string of the molecule is C#C[C@@]1(O)CC[C@@H]2[C@@H]3CCC4=CC(=NOCC(=O)N[C@H](C(=O)N[C@H](CC(=O)O)[C@H]5CCOC(C)(C)C5)C(C)C)CC[C@]4(C)[C@@H]3CC[C@@]21C. The summed E-state index contributed by atoms with van der Waals surface area (Å²) in [4.78, 5) is 43.5. The largest absolute Gasteiger partial charge is 0.481 e. The maximum absolute atomic E-state index is 13.4. The molecule has 48 heavy (non-hydrogen) atoms. The van der Waals surface area contributed by atoms with Crippen molar-refractivity contribution >= 4 is 23.5 Å². The number of carboxylic acids is 1. The Morgan fingerprint density at radius 3 is 2.46 bits per heavy atom. The Hall–Kier alpha value is -2.90. The third-order valence-electron chi connectivity index (χ3n) is 13.0. The number of hydrogen-bond acceptors (Lipinski definition) is 7. The highest BCUT2D eigenvalue weighted by Crippen LogP contribution is 2.67. The highest BCUT2D eigenvalue weighted by Gasteiger charge is 2.63. The number of rotatable bonds is 10. The van der Waals surface area contributed by atoms with Crippen LogP contribution in [0.3, 0.4) is 0 Å². The lowest BCUT2D eigenvalue weighted by atomic mass is 9.46. The Balaban J connectivity index is 1.17. The summed E-state index contributed by atoms with van der Waals surface area (Å²) in [6, 6.07) is -1.42. The summed E-state index contributed by atoms with van der Waals surface area (Å²) >= 11 is 0. The Labute approximate surface area is 286 Å². The van der Waals surface area contributed by atoms with Crippen LogP contribution in [-0.2, 0) is 24.0 Å². The third-order valence-corrected chi connectivity index (χ3v) is 13.0. The second-order valence-electron chi connectivity index (χ2n) is 16.7. The van der Waals surface area contributed by atoms with Gasteiger partial charge in [0.05, 0.1) is 17.7 Å². The second-order valence-corrected chi connectivity index (χ2v) is 16.7. The van der Waals surface area contributed by atoms with Crippen LogP contribution >= 0.6 is 0 Å². The van der Waals surface area contributed by atoms with Gasteiger partial charge in [0, 0.05) is 18.1 Å². The van der Waals surface area contributed by atoms with E-state index in [1.54, 1.807) is 0 Å². The minimum Gasteiger partial charge on any atom is -0.481 e. The average Bonchev–Trinajstić information content (AvgIpc) is 3.29. The van der Waals surface area contributed by atoms with Crippen molar-refractivity contribution in [2.75, 3.05) is 13.2 Å². The minimum absolute atomic E-state index is 0.0486. The van der Waals surface area contributed by atoms with Crippen molar-refractivity contribution in [3.05, 3.63) is 11.6 Å². The van der Waals surface area contributed by atoms with Crippen molar-refractivity contribution in [2.45, 2.75) is 135 Å². The number of carbonyl (C=O) groups is 3. The molecular weight excluding hydrogens is 610 g/mol. The molecule has 0 aromatic carbocycles. The van der Waals surface area contributed by atoms with Gasteiger partial charge < -0.3 is 30.4 Å². The van der Waals surface area contributed by atoms with Crippen LogP contribution in [0.5, 0.6) is 0 Å². The quantitative estimate of drug-likeness (QED) is 0.190. The summed E-state index contributed by atoms with van der Waals surface area (Å²) in [6.45, 7) is 12.4. The summed E-state index contributed by atoms with van der Waals surface area (Å²) < 4.78 is 5.80. The van der Waals surface area contributed by atoms with Gasteiger partial charge >= 0.3 is 5.97 Å². The zero-order valence-corrected chi connectivity index (χ0v) is 29.8. The highest BCUT2D eigenvalue weighted by molar-refractivity contribution is 5.96. The number of carboxylic acid groups (broad SMARTS) is 1. The molecule has 2 amide bonds. The predicted octanol–water partition coefficient (Wildman–Crippen LogP) is 4.99. The molecule has 10 nitrogen and oxygen atoms in total. The van der Waals surface area contributed by atoms with Crippen molar-refractivity contribution in [3.8, 4) is 12.3 Å². The van der Waals surface area contributed by atoms with Gasteiger partial charge in [0.25, 0.3) is 5.91 Å². The van der Waals surface area contributed by atoms with Crippen LogP contribution < -0.4 is 10.6 Å². The number of terminal acetylenes is 1. The Morgan fingerprint density at radius 2 is 1.79 bits per heavy atom. The summed E-state index contributed by atoms with van der Waals surface area (Å²) in [6.07, 6.45) is 16.6. The van der Waals surface area contributed by atoms with E-state index in [1.165, 1.54) is 5.57 Å². The summed E-state index contributed by atoms with van der Waals surface area (Å²) in [7, 11) is 0. The van der Waals surface area contributed by atoms with E-state index in [9.17, 15) is 24.6 Å². The first-order chi connectivity index (χ1) is 22.5. The van der Waals surface area contributed by atoms with Gasteiger partial charge in [0.1, 0.15) is 11.6 Å². The second kappa shape index (κ2) is 13.8. The van der Waals surface area contributed by atoms with Crippen LogP contribution in [0.1, 0.15) is 112 Å². The maximum atomic E-state index is 13.4. The number of hydrogen-bond donors (Lipinski definition) is 4. The van der Waals surface area contributed by atoms with E-state index in [2.05, 4.69) is 41.6 Å². The summed E-state index contributed by atoms with van der Waals surface area (Å²) in [5.41, 5.74) is 0.689. The van der Waals surface area contributed by atoms with Crippen LogP contribution in [0.25, 0.3) is 0 Å². The van der Waals surface area contributed by atoms with E-state index in [0.29, 0.717) is 43.6 Å². The number of fused-ring (bicyclic) bond motifs is 5. The predicted molar refractivity (Wildman–Crippen MR) is 183 cm³/mol. The molecule has 10 heteroatoms. The number of ether oxygens (including phenoxy) is 1. The topological polar surface area (TPSA) is 147 Å². The van der Waals surface area contributed by atoms with Crippen LogP contribution in [0.4, 0.5) is 0 Å². The van der Waals surface area contributed by atoms with E-state index < -0.39 is 41.1 Å². The Kier molecular flexibility index (Phi) is 10.4. The fourth-order valence-corrected chi connectivity index (χ4v) is 10.2. The van der Waals surface area contributed by atoms with Crippen LogP contribution in [0.15, 0.2) is 16.8 Å². The monoisotopic (exact) mass is 667 g/mol. The van der Waals surface area contributed by atoms with E-state index in [-0.39, 0.29) is 35.7 Å². The van der Waals surface area contributed by atoms with Crippen molar-refractivity contribution in [1.29, 1.82) is 0 Å². The molecule has 1 saturated heterocycles. The van der Waals surface area contributed by atoms with E-state index >= 15 is 0 Å². The molecule has 0 aromatic heterocycles. The molecule has 4 N–H and O–H groups in total. The fraction of sp³-hybridized carbons (Fsp3) is 0.789. The number of carbonyl (C=O) groups excluding carboxylic acids is 2. The Morgan fingerprint density at radius 1 is 1.06 bits per heavy atom. The third kappa shape index (κ3) is 7.05. The molecule has 0 unspecified atom stereocenters. The first-order valence-corrected chi connectivity index (χ1v) is 18.1. The van der Waals surface area contributed by atoms with E-state index in [1.807, 2.05) is 27.7 Å². The van der Waals surface area contributed by atoms with Gasteiger partial charge in [0.2, 0.25) is 5.91 Å². The molecule has 4 fully saturated rings. The molecule has 1 aliphatic heterocycles. The zero-order chi connectivity index (χ0) is 35.1. The number of nitrogens with one attached hydrogen (secondary N) is 2. The van der Waals surface area contributed by atoms with Crippen LogP contribution in [0.2, 0.25) is 0 Å². The number of allylic oxidation sites excluding steroid dienone is 2. The molecule has 0 bridgehead atoms. The van der Waals surface area contributed by atoms with Crippen LogP contribution in [-0.4, -0.2) is 70.2 Å². The molecule has 0 spiro atoms. The van der Waals surface area contributed by atoms with E-state index in [0.717, 1.165) is 50.7 Å². The molecule has 5 aliphatic rings. The van der Waals surface area contributed by atoms with Gasteiger partial charge in [-0.05, 0) is 119 Å². The van der Waals surface area contributed by atoms with Crippen molar-refractivity contribution in [3.63, 3.8) is 0 Å². The highest BCUT2D eigenvalue weighted by atomic mass is 16.6. The lowest BCUT2D eigenvalue weighted by molar-refractivity contribution is -0.140. The van der Waals surface area contributed by atoms with Crippen molar-refractivity contribution in [2.24, 2.45) is 45.6 Å².